The second kappa shape index (κ2) is 9.90. The normalized spacial score (nSPS) is 25.8. The van der Waals surface area contributed by atoms with Gasteiger partial charge in [0.1, 0.15) is 0 Å². The van der Waals surface area contributed by atoms with Gasteiger partial charge in [-0.05, 0) is 25.8 Å². The third kappa shape index (κ3) is 7.05. The molecule has 0 radical (unpaired) electrons. The fourth-order valence-electron chi connectivity index (χ4n) is 2.72. The predicted octanol–water partition coefficient (Wildman–Crippen LogP) is 3.63. The Hall–Kier alpha value is -0.0800. The predicted molar refractivity (Wildman–Crippen MR) is 74.3 cm³/mol. The van der Waals surface area contributed by atoms with Crippen LogP contribution in [0.25, 0.3) is 0 Å². The molecule has 0 spiro atoms. The largest absolute Gasteiger partial charge is 0.392 e. The summed E-state index contributed by atoms with van der Waals surface area (Å²) in [5.41, 5.74) is 0. The van der Waals surface area contributed by atoms with Gasteiger partial charge in [-0.3, -0.25) is 0 Å². The van der Waals surface area contributed by atoms with E-state index in [0.29, 0.717) is 6.04 Å². The first-order chi connectivity index (χ1) is 8.34. The lowest BCUT2D eigenvalue weighted by Gasteiger charge is -2.21. The van der Waals surface area contributed by atoms with E-state index in [-0.39, 0.29) is 6.10 Å². The smallest absolute Gasteiger partial charge is 0.0693 e. The first kappa shape index (κ1) is 15.0. The Balaban J connectivity index is 1.97. The number of hydrogen-bond acceptors (Lipinski definition) is 2. The summed E-state index contributed by atoms with van der Waals surface area (Å²) < 4.78 is 0. The fourth-order valence-corrected chi connectivity index (χ4v) is 2.72. The molecule has 1 rings (SSSR count). The van der Waals surface area contributed by atoms with Crippen molar-refractivity contribution in [2.45, 2.75) is 89.7 Å². The van der Waals surface area contributed by atoms with Crippen molar-refractivity contribution in [1.29, 1.82) is 0 Å². The summed E-state index contributed by atoms with van der Waals surface area (Å²) >= 11 is 0. The maximum absolute atomic E-state index is 9.96. The minimum absolute atomic E-state index is 0.0995. The molecule has 0 aromatic heterocycles. The summed E-state index contributed by atoms with van der Waals surface area (Å²) in [5, 5.41) is 13.5. The van der Waals surface area contributed by atoms with Crippen molar-refractivity contribution in [3.8, 4) is 0 Å². The third-order valence-corrected chi connectivity index (χ3v) is 3.92. The zero-order valence-corrected chi connectivity index (χ0v) is 11.6. The van der Waals surface area contributed by atoms with Crippen molar-refractivity contribution in [2.75, 3.05) is 6.54 Å². The molecule has 0 saturated heterocycles. The topological polar surface area (TPSA) is 32.3 Å². The lowest BCUT2D eigenvalue weighted by Crippen LogP contribution is -2.39. The molecule has 0 heterocycles. The van der Waals surface area contributed by atoms with Crippen molar-refractivity contribution >= 4 is 0 Å². The van der Waals surface area contributed by atoms with Gasteiger partial charge in [0.25, 0.3) is 0 Å². The van der Waals surface area contributed by atoms with Gasteiger partial charge in [-0.25, -0.2) is 0 Å². The van der Waals surface area contributed by atoms with E-state index in [0.717, 1.165) is 19.4 Å². The van der Waals surface area contributed by atoms with Crippen LogP contribution in [0, 0.1) is 0 Å². The summed E-state index contributed by atoms with van der Waals surface area (Å²) in [5.74, 6) is 0. The number of nitrogens with one attached hydrogen (secondary N) is 1. The summed E-state index contributed by atoms with van der Waals surface area (Å²) in [6, 6.07) is 0.369. The van der Waals surface area contributed by atoms with Crippen molar-refractivity contribution in [3.63, 3.8) is 0 Å². The van der Waals surface area contributed by atoms with Crippen LogP contribution in [0.15, 0.2) is 0 Å². The van der Waals surface area contributed by atoms with Gasteiger partial charge in [0, 0.05) is 6.04 Å². The van der Waals surface area contributed by atoms with Crippen molar-refractivity contribution in [2.24, 2.45) is 0 Å². The molecule has 1 saturated carbocycles. The van der Waals surface area contributed by atoms with Crippen LogP contribution >= 0.6 is 0 Å². The van der Waals surface area contributed by atoms with E-state index in [2.05, 4.69) is 12.2 Å². The Morgan fingerprint density at radius 3 is 2.47 bits per heavy atom. The molecular weight excluding hydrogens is 210 g/mol. The van der Waals surface area contributed by atoms with Crippen molar-refractivity contribution in [1.82, 2.24) is 5.32 Å². The molecule has 2 nitrogen and oxygen atoms in total. The summed E-state index contributed by atoms with van der Waals surface area (Å²) in [6.45, 7) is 3.35. The molecule has 0 bridgehead atoms. The fraction of sp³-hybridized carbons (Fsp3) is 1.00. The maximum atomic E-state index is 9.96. The van der Waals surface area contributed by atoms with Gasteiger partial charge in [0.15, 0.2) is 0 Å². The number of aliphatic hydroxyl groups excluding tert-OH is 1. The van der Waals surface area contributed by atoms with Crippen LogP contribution in [0.4, 0.5) is 0 Å². The maximum Gasteiger partial charge on any atom is 0.0693 e. The van der Waals surface area contributed by atoms with E-state index in [9.17, 15) is 5.11 Å². The van der Waals surface area contributed by atoms with Crippen LogP contribution < -0.4 is 5.32 Å². The molecule has 1 fully saturated rings. The molecule has 2 unspecified atom stereocenters. The Morgan fingerprint density at radius 2 is 1.65 bits per heavy atom. The SMILES string of the molecule is CCCCCCCCNC1CCCCCC1O. The molecule has 0 amide bonds. The number of unbranched alkanes of at least 4 members (excludes halogenated alkanes) is 5. The van der Waals surface area contributed by atoms with E-state index < -0.39 is 0 Å². The zero-order valence-electron chi connectivity index (χ0n) is 11.6. The van der Waals surface area contributed by atoms with Crippen LogP contribution in [0.3, 0.4) is 0 Å². The number of hydrogen-bond donors (Lipinski definition) is 2. The van der Waals surface area contributed by atoms with Crippen molar-refractivity contribution < 1.29 is 5.11 Å². The van der Waals surface area contributed by atoms with Crippen molar-refractivity contribution in [3.05, 3.63) is 0 Å². The minimum Gasteiger partial charge on any atom is -0.392 e. The molecule has 1 aliphatic carbocycles. The standard InChI is InChI=1S/C15H31NO/c1-2-3-4-5-6-10-13-16-14-11-8-7-9-12-15(14)17/h14-17H,2-13H2,1H3. The highest BCUT2D eigenvalue weighted by atomic mass is 16.3. The van der Waals surface area contributed by atoms with Gasteiger partial charge in [0.05, 0.1) is 6.10 Å². The van der Waals surface area contributed by atoms with E-state index in [1.54, 1.807) is 0 Å². The molecule has 2 atom stereocenters. The lowest BCUT2D eigenvalue weighted by atomic mass is 10.1. The van der Waals surface area contributed by atoms with Gasteiger partial charge in [-0.15, -0.1) is 0 Å². The Kier molecular flexibility index (Phi) is 8.72. The molecule has 0 aromatic rings. The Bertz CT molecular complexity index is 172. The molecule has 2 heteroatoms. The molecule has 1 aliphatic rings. The Morgan fingerprint density at radius 1 is 0.941 bits per heavy atom. The summed E-state index contributed by atoms with van der Waals surface area (Å²) in [6.07, 6.45) is 13.9. The van der Waals surface area contributed by atoms with E-state index in [1.165, 1.54) is 57.8 Å². The quantitative estimate of drug-likeness (QED) is 0.502. The van der Waals surface area contributed by atoms with Crippen LogP contribution in [0.5, 0.6) is 0 Å². The van der Waals surface area contributed by atoms with E-state index in [1.807, 2.05) is 0 Å². The average molecular weight is 241 g/mol. The average Bonchev–Trinajstić information content (AvgIpc) is 2.53. The van der Waals surface area contributed by atoms with E-state index >= 15 is 0 Å². The molecular formula is C15H31NO. The molecule has 17 heavy (non-hydrogen) atoms. The van der Waals surface area contributed by atoms with Crippen LogP contribution in [0.2, 0.25) is 0 Å². The lowest BCUT2D eigenvalue weighted by molar-refractivity contribution is 0.120. The number of aliphatic hydroxyl groups is 1. The highest BCUT2D eigenvalue weighted by molar-refractivity contribution is 4.78. The first-order valence-corrected chi connectivity index (χ1v) is 7.76. The molecule has 0 aliphatic heterocycles. The minimum atomic E-state index is -0.0995. The highest BCUT2D eigenvalue weighted by Gasteiger charge is 2.20. The number of rotatable bonds is 8. The monoisotopic (exact) mass is 241 g/mol. The van der Waals surface area contributed by atoms with Gasteiger partial charge in [0.2, 0.25) is 0 Å². The molecule has 2 N–H and O–H groups in total. The van der Waals surface area contributed by atoms with Gasteiger partial charge in [-0.2, -0.15) is 0 Å². The second-order valence-corrected chi connectivity index (χ2v) is 5.53. The van der Waals surface area contributed by atoms with Crippen LogP contribution in [0.1, 0.15) is 77.6 Å². The van der Waals surface area contributed by atoms with E-state index in [4.69, 9.17) is 0 Å². The van der Waals surface area contributed by atoms with Crippen LogP contribution in [-0.4, -0.2) is 23.8 Å². The van der Waals surface area contributed by atoms with Crippen LogP contribution in [-0.2, 0) is 0 Å². The summed E-state index contributed by atoms with van der Waals surface area (Å²) in [7, 11) is 0. The summed E-state index contributed by atoms with van der Waals surface area (Å²) in [4.78, 5) is 0. The molecule has 102 valence electrons. The first-order valence-electron chi connectivity index (χ1n) is 7.76. The Labute approximate surface area is 107 Å². The third-order valence-electron chi connectivity index (χ3n) is 3.92. The van der Waals surface area contributed by atoms with Gasteiger partial charge in [-0.1, -0.05) is 58.3 Å². The zero-order chi connectivity index (χ0) is 12.3. The second-order valence-electron chi connectivity index (χ2n) is 5.53. The molecule has 0 aromatic carbocycles. The van der Waals surface area contributed by atoms with Gasteiger partial charge < -0.3 is 10.4 Å². The highest BCUT2D eigenvalue weighted by Crippen LogP contribution is 2.18. The van der Waals surface area contributed by atoms with Gasteiger partial charge >= 0.3 is 0 Å².